The Labute approximate surface area is 244 Å². The number of hydrogen-bond donors (Lipinski definition) is 0. The minimum Gasteiger partial charge on any atom is -0.267 e. The summed E-state index contributed by atoms with van der Waals surface area (Å²) in [5.41, 5.74) is -4.05. The van der Waals surface area contributed by atoms with Crippen LogP contribution >= 0.6 is 34.8 Å². The SMILES string of the molecule is C#CCN(C(=O)c1ccc(/C(F)=C/C(c2cc(Cl)c(Cl)c(Cl)c2)C(F)(F)F)cc1C(F)(F)F)N(C)c1ncccn1. The second kappa shape index (κ2) is 12.5. The van der Waals surface area contributed by atoms with Gasteiger partial charge in [0, 0.05) is 25.0 Å². The molecule has 5 nitrogen and oxygen atoms in total. The van der Waals surface area contributed by atoms with Crippen LogP contribution in [0.5, 0.6) is 0 Å². The summed E-state index contributed by atoms with van der Waals surface area (Å²) in [6.07, 6.45) is -2.30. The number of aromatic nitrogens is 2. The maximum absolute atomic E-state index is 15.2. The maximum Gasteiger partial charge on any atom is 0.417 e. The molecule has 0 aliphatic carbocycles. The molecular formula is C26H16Cl3F7N4O. The zero-order chi connectivity index (χ0) is 30.7. The summed E-state index contributed by atoms with van der Waals surface area (Å²) in [6.45, 7) is -0.500. The first-order chi connectivity index (χ1) is 19.1. The van der Waals surface area contributed by atoms with Gasteiger partial charge in [-0.3, -0.25) is 9.80 Å². The van der Waals surface area contributed by atoms with Gasteiger partial charge in [-0.2, -0.15) is 26.3 Å². The van der Waals surface area contributed by atoms with Crippen molar-refractivity contribution in [2.45, 2.75) is 18.3 Å². The first-order valence-electron chi connectivity index (χ1n) is 11.1. The number of rotatable bonds is 7. The standard InChI is InChI=1S/C26H16Cl3F7N4O/c1-3-9-40(39(2)24-37-7-4-8-38-24)23(41)16-6-5-14(10-18(16)26(34,35)36)21(30)13-17(25(31,32)33)15-11-19(27)22(29)20(28)12-15/h1,4-8,10-13,17H,9H2,2H3/b21-13-. The molecule has 2 aromatic carbocycles. The Kier molecular flexibility index (Phi) is 9.79. The molecule has 216 valence electrons. The first kappa shape index (κ1) is 32.0. The molecule has 0 saturated heterocycles. The molecule has 0 aliphatic heterocycles. The van der Waals surface area contributed by atoms with E-state index in [2.05, 4.69) is 15.9 Å². The Hall–Kier alpha value is -3.53. The summed E-state index contributed by atoms with van der Waals surface area (Å²) in [4.78, 5) is 21.0. The Morgan fingerprint density at radius 3 is 2.15 bits per heavy atom. The molecule has 0 bridgehead atoms. The normalized spacial score (nSPS) is 13.0. The highest BCUT2D eigenvalue weighted by atomic mass is 35.5. The van der Waals surface area contributed by atoms with Crippen molar-refractivity contribution in [1.82, 2.24) is 15.0 Å². The smallest absolute Gasteiger partial charge is 0.267 e. The van der Waals surface area contributed by atoms with Crippen molar-refractivity contribution in [3.8, 4) is 12.3 Å². The number of carbonyl (C=O) groups excluding carboxylic acids is 1. The van der Waals surface area contributed by atoms with Crippen LogP contribution in [0, 0.1) is 12.3 Å². The van der Waals surface area contributed by atoms with Crippen molar-refractivity contribution in [3.05, 3.63) is 92.2 Å². The fourth-order valence-corrected chi connectivity index (χ4v) is 4.21. The van der Waals surface area contributed by atoms with E-state index in [1.54, 1.807) is 0 Å². The summed E-state index contributed by atoms with van der Waals surface area (Å²) in [5, 5.41) is 0.830. The lowest BCUT2D eigenvalue weighted by atomic mass is 9.95. The summed E-state index contributed by atoms with van der Waals surface area (Å²) in [5.74, 6) is -3.49. The van der Waals surface area contributed by atoms with Gasteiger partial charge < -0.3 is 0 Å². The van der Waals surface area contributed by atoms with E-state index in [0.717, 1.165) is 28.2 Å². The third-order valence-corrected chi connectivity index (χ3v) is 6.74. The van der Waals surface area contributed by atoms with E-state index in [1.807, 2.05) is 0 Å². The van der Waals surface area contributed by atoms with Crippen LogP contribution in [-0.4, -0.2) is 40.7 Å². The molecule has 0 radical (unpaired) electrons. The number of hydrazine groups is 1. The molecule has 0 aliphatic rings. The fraction of sp³-hybridized carbons (Fsp3) is 0.192. The van der Waals surface area contributed by atoms with Crippen molar-refractivity contribution >= 4 is 52.5 Å². The van der Waals surface area contributed by atoms with Crippen molar-refractivity contribution < 1.29 is 35.5 Å². The molecule has 3 rings (SSSR count). The van der Waals surface area contributed by atoms with Gasteiger partial charge in [0.05, 0.1) is 26.2 Å². The molecule has 1 amide bonds. The van der Waals surface area contributed by atoms with Crippen molar-refractivity contribution in [2.75, 3.05) is 18.6 Å². The maximum atomic E-state index is 15.2. The number of benzene rings is 2. The average Bonchev–Trinajstić information content (AvgIpc) is 2.91. The number of allylic oxidation sites excluding steroid dienone is 1. The molecule has 0 N–H and O–H groups in total. The lowest BCUT2D eigenvalue weighted by Gasteiger charge is -2.31. The number of halogens is 10. The van der Waals surface area contributed by atoms with E-state index < -0.39 is 58.8 Å². The largest absolute Gasteiger partial charge is 0.417 e. The van der Waals surface area contributed by atoms with E-state index in [-0.39, 0.29) is 33.2 Å². The number of carbonyl (C=O) groups is 1. The molecule has 0 saturated carbocycles. The third kappa shape index (κ3) is 7.41. The van der Waals surface area contributed by atoms with E-state index >= 15 is 4.39 Å². The number of anilines is 1. The van der Waals surface area contributed by atoms with Crippen LogP contribution in [0.4, 0.5) is 36.7 Å². The van der Waals surface area contributed by atoms with Crippen LogP contribution in [0.15, 0.2) is 54.9 Å². The summed E-state index contributed by atoms with van der Waals surface area (Å²) >= 11 is 17.4. The van der Waals surface area contributed by atoms with Gasteiger partial charge in [0.25, 0.3) is 5.91 Å². The van der Waals surface area contributed by atoms with E-state index in [9.17, 15) is 31.1 Å². The Morgan fingerprint density at radius 1 is 1.05 bits per heavy atom. The van der Waals surface area contributed by atoms with E-state index in [1.165, 1.54) is 25.5 Å². The van der Waals surface area contributed by atoms with Gasteiger partial charge in [0.1, 0.15) is 18.3 Å². The van der Waals surface area contributed by atoms with Gasteiger partial charge in [0.2, 0.25) is 5.95 Å². The molecule has 0 spiro atoms. The van der Waals surface area contributed by atoms with Gasteiger partial charge in [-0.1, -0.05) is 46.8 Å². The van der Waals surface area contributed by atoms with Gasteiger partial charge in [-0.05, 0) is 42.0 Å². The molecule has 1 aromatic heterocycles. The Bertz CT molecular complexity index is 1480. The predicted octanol–water partition coefficient (Wildman–Crippen LogP) is 8.24. The third-order valence-electron chi connectivity index (χ3n) is 5.54. The predicted molar refractivity (Wildman–Crippen MR) is 141 cm³/mol. The summed E-state index contributed by atoms with van der Waals surface area (Å²) < 4.78 is 98.9. The Balaban J connectivity index is 2.10. The number of terminal acetylenes is 1. The lowest BCUT2D eigenvalue weighted by Crippen LogP contribution is -2.46. The topological polar surface area (TPSA) is 49.3 Å². The monoisotopic (exact) mass is 638 g/mol. The van der Waals surface area contributed by atoms with Crippen molar-refractivity contribution in [3.63, 3.8) is 0 Å². The zero-order valence-corrected chi connectivity index (χ0v) is 22.8. The highest BCUT2D eigenvalue weighted by molar-refractivity contribution is 6.48. The average molecular weight is 640 g/mol. The van der Waals surface area contributed by atoms with E-state index in [0.29, 0.717) is 6.07 Å². The van der Waals surface area contributed by atoms with Crippen LogP contribution in [0.1, 0.15) is 33.0 Å². The molecule has 0 fully saturated rings. The first-order valence-corrected chi connectivity index (χ1v) is 12.3. The van der Waals surface area contributed by atoms with Crippen molar-refractivity contribution in [1.29, 1.82) is 0 Å². The number of amides is 1. The molecular weight excluding hydrogens is 624 g/mol. The Morgan fingerprint density at radius 2 is 1.63 bits per heavy atom. The van der Waals surface area contributed by atoms with Crippen LogP contribution in [-0.2, 0) is 6.18 Å². The molecule has 3 aromatic rings. The molecule has 15 heteroatoms. The van der Waals surface area contributed by atoms with Gasteiger partial charge in [-0.25, -0.2) is 19.4 Å². The highest BCUT2D eigenvalue weighted by Gasteiger charge is 2.41. The highest BCUT2D eigenvalue weighted by Crippen LogP contribution is 2.43. The van der Waals surface area contributed by atoms with Crippen LogP contribution in [0.2, 0.25) is 15.1 Å². The second-order valence-corrected chi connectivity index (χ2v) is 9.42. The summed E-state index contributed by atoms with van der Waals surface area (Å²) in [7, 11) is 1.28. The van der Waals surface area contributed by atoms with Crippen LogP contribution in [0.25, 0.3) is 5.83 Å². The number of alkyl halides is 6. The number of hydrogen-bond acceptors (Lipinski definition) is 4. The summed E-state index contributed by atoms with van der Waals surface area (Å²) in [6, 6.07) is 4.68. The van der Waals surface area contributed by atoms with Gasteiger partial charge in [0.15, 0.2) is 0 Å². The van der Waals surface area contributed by atoms with Crippen LogP contribution < -0.4 is 5.01 Å². The zero-order valence-electron chi connectivity index (χ0n) is 20.5. The minimum absolute atomic E-state index is 0.0675. The lowest BCUT2D eigenvalue weighted by molar-refractivity contribution is -0.140. The minimum atomic E-state index is -5.22. The molecule has 1 heterocycles. The van der Waals surface area contributed by atoms with Gasteiger partial charge in [-0.15, -0.1) is 6.42 Å². The molecule has 41 heavy (non-hydrogen) atoms. The molecule has 1 atom stereocenters. The molecule has 1 unspecified atom stereocenters. The fourth-order valence-electron chi connectivity index (χ4n) is 3.60. The van der Waals surface area contributed by atoms with Crippen LogP contribution in [0.3, 0.4) is 0 Å². The second-order valence-electron chi connectivity index (χ2n) is 8.23. The van der Waals surface area contributed by atoms with Crippen molar-refractivity contribution in [2.24, 2.45) is 0 Å². The quantitative estimate of drug-likeness (QED) is 0.113. The van der Waals surface area contributed by atoms with Gasteiger partial charge >= 0.3 is 12.4 Å². The number of nitrogens with zero attached hydrogens (tertiary/aromatic N) is 4. The van der Waals surface area contributed by atoms with E-state index in [4.69, 9.17) is 41.2 Å².